The highest BCUT2D eigenvalue weighted by Crippen LogP contribution is 2.49. The Bertz CT molecular complexity index is 1050. The molecule has 2 aromatic heterocycles. The molecule has 0 spiro atoms. The SMILES string of the molecule is CC.CC.CC.CC.CCCCCCCCCCCCCCCCOC1C(OP(O)(=S)OC)C(CC)OC1n1cnc2c(N)ncnc21. The first-order valence-corrected chi connectivity index (χ1v) is 21.8. The summed E-state index contributed by atoms with van der Waals surface area (Å²) in [5.74, 6) is 0.298. The van der Waals surface area contributed by atoms with Gasteiger partial charge in [0, 0.05) is 13.7 Å². The molecule has 0 saturated carbocycles. The number of rotatable bonds is 21. The summed E-state index contributed by atoms with van der Waals surface area (Å²) < 4.78 is 25.6. The molecule has 1 aliphatic heterocycles. The molecule has 0 radical (unpaired) electrons. The number of anilines is 1. The number of nitrogens with zero attached hydrogens (tertiary/aromatic N) is 4. The average molecular weight is 720 g/mol. The molecular formula is C36H74N5O5PS. The number of hydrogen-bond donors (Lipinski definition) is 2. The van der Waals surface area contributed by atoms with Gasteiger partial charge in [0.05, 0.1) is 12.4 Å². The second kappa shape index (κ2) is 31.8. The van der Waals surface area contributed by atoms with Crippen LogP contribution in [0.25, 0.3) is 11.2 Å². The molecule has 3 N–H and O–H groups in total. The fraction of sp³-hybridized carbons (Fsp3) is 0.861. The zero-order valence-electron chi connectivity index (χ0n) is 32.6. The van der Waals surface area contributed by atoms with Crippen molar-refractivity contribution in [1.82, 2.24) is 19.5 Å². The lowest BCUT2D eigenvalue weighted by Gasteiger charge is -2.27. The Morgan fingerprint density at radius 1 is 0.792 bits per heavy atom. The first-order valence-electron chi connectivity index (χ1n) is 19.2. The lowest BCUT2D eigenvalue weighted by molar-refractivity contribution is -0.0667. The van der Waals surface area contributed by atoms with E-state index in [0.717, 1.165) is 12.8 Å². The number of unbranched alkanes of at least 4 members (excludes halogenated alkanes) is 13. The van der Waals surface area contributed by atoms with Crippen molar-refractivity contribution >= 4 is 35.5 Å². The molecule has 1 aliphatic rings. The number of imidazole rings is 1. The Morgan fingerprint density at radius 3 is 1.77 bits per heavy atom. The average Bonchev–Trinajstić information content (AvgIpc) is 3.71. The largest absolute Gasteiger partial charge is 0.382 e. The molecule has 5 unspecified atom stereocenters. The van der Waals surface area contributed by atoms with E-state index in [9.17, 15) is 4.89 Å². The van der Waals surface area contributed by atoms with Crippen LogP contribution in [0.1, 0.15) is 172 Å². The van der Waals surface area contributed by atoms with Gasteiger partial charge in [-0.05, 0) is 24.6 Å². The van der Waals surface area contributed by atoms with Gasteiger partial charge in [0.15, 0.2) is 17.7 Å². The predicted octanol–water partition coefficient (Wildman–Crippen LogP) is 10.9. The van der Waals surface area contributed by atoms with Gasteiger partial charge in [-0.3, -0.25) is 9.09 Å². The van der Waals surface area contributed by atoms with Crippen LogP contribution in [0.2, 0.25) is 0 Å². The van der Waals surface area contributed by atoms with E-state index in [-0.39, 0.29) is 6.10 Å². The molecule has 284 valence electrons. The summed E-state index contributed by atoms with van der Waals surface area (Å²) in [5, 5.41) is 0. The van der Waals surface area contributed by atoms with E-state index < -0.39 is 25.2 Å². The van der Waals surface area contributed by atoms with Crippen molar-refractivity contribution in [2.75, 3.05) is 19.5 Å². The molecule has 0 bridgehead atoms. The van der Waals surface area contributed by atoms with Crippen LogP contribution in [0.4, 0.5) is 5.82 Å². The minimum atomic E-state index is -3.44. The number of ether oxygens (including phenoxy) is 2. The molecule has 5 atom stereocenters. The Balaban J connectivity index is 0. The van der Waals surface area contributed by atoms with Gasteiger partial charge in [-0.25, -0.2) is 15.0 Å². The third kappa shape index (κ3) is 18.2. The molecule has 0 aliphatic carbocycles. The van der Waals surface area contributed by atoms with Crippen molar-refractivity contribution in [2.45, 2.75) is 190 Å². The number of fused-ring (bicyclic) bond motifs is 1. The van der Waals surface area contributed by atoms with Crippen LogP contribution in [0, 0.1) is 0 Å². The van der Waals surface area contributed by atoms with Crippen LogP contribution in [0.3, 0.4) is 0 Å². The highest BCUT2D eigenvalue weighted by molar-refractivity contribution is 8.07. The smallest absolute Gasteiger partial charge is 0.324 e. The van der Waals surface area contributed by atoms with E-state index in [2.05, 4.69) is 21.9 Å². The first kappa shape index (κ1) is 48.9. The van der Waals surface area contributed by atoms with Gasteiger partial charge in [0.1, 0.15) is 24.1 Å². The fourth-order valence-electron chi connectivity index (χ4n) is 5.33. The molecule has 1 fully saturated rings. The number of hydrogen-bond acceptors (Lipinski definition) is 9. The fourth-order valence-corrected chi connectivity index (χ4v) is 6.28. The third-order valence-electron chi connectivity index (χ3n) is 7.64. The van der Waals surface area contributed by atoms with Gasteiger partial charge >= 0.3 is 6.72 Å². The quantitative estimate of drug-likeness (QED) is 0.0950. The minimum absolute atomic E-state index is 0.298. The summed E-state index contributed by atoms with van der Waals surface area (Å²) in [4.78, 5) is 23.2. The van der Waals surface area contributed by atoms with Crippen LogP contribution in [-0.2, 0) is 30.3 Å². The van der Waals surface area contributed by atoms with Gasteiger partial charge in [-0.2, -0.15) is 0 Å². The summed E-state index contributed by atoms with van der Waals surface area (Å²) in [5.41, 5.74) is 7.05. The lowest BCUT2D eigenvalue weighted by atomic mass is 10.0. The lowest BCUT2D eigenvalue weighted by Crippen LogP contribution is -2.36. The summed E-state index contributed by atoms with van der Waals surface area (Å²) in [6.07, 6.45) is 19.8. The molecular weight excluding hydrogens is 645 g/mol. The van der Waals surface area contributed by atoms with Gasteiger partial charge in [0.25, 0.3) is 0 Å². The Hall–Kier alpha value is -1.20. The first-order chi connectivity index (χ1) is 23.4. The standard InChI is InChI=1S/C28H50N5O5PS.4C2H6/c1-4-6-7-8-9-10-11-12-13-14-15-16-17-18-19-36-25-24(38-39(34,40)35-3)22(5-2)37-28(25)33-21-32-23-26(29)30-20-31-27(23)33;4*1-2/h20-22,24-25,28H,4-19H2,1-3H3,(H,34,40)(H2,29,30,31);4*1-2H3. The van der Waals surface area contributed by atoms with Crippen LogP contribution < -0.4 is 5.73 Å². The van der Waals surface area contributed by atoms with E-state index >= 15 is 0 Å². The highest BCUT2D eigenvalue weighted by Gasteiger charge is 2.49. The van der Waals surface area contributed by atoms with E-state index in [1.54, 1.807) is 10.9 Å². The van der Waals surface area contributed by atoms with Crippen molar-refractivity contribution < 1.29 is 23.4 Å². The van der Waals surface area contributed by atoms with Gasteiger partial charge in [-0.15, -0.1) is 0 Å². The van der Waals surface area contributed by atoms with Crippen molar-refractivity contribution in [2.24, 2.45) is 0 Å². The van der Waals surface area contributed by atoms with E-state index in [4.69, 9.17) is 36.1 Å². The maximum Gasteiger partial charge on any atom is 0.324 e. The van der Waals surface area contributed by atoms with Crippen molar-refractivity contribution in [3.8, 4) is 0 Å². The van der Waals surface area contributed by atoms with E-state index in [1.807, 2.05) is 62.3 Å². The number of aromatic nitrogens is 4. The Labute approximate surface area is 299 Å². The van der Waals surface area contributed by atoms with E-state index in [0.29, 0.717) is 30.0 Å². The summed E-state index contributed by atoms with van der Waals surface area (Å²) in [6, 6.07) is 0. The molecule has 0 amide bonds. The monoisotopic (exact) mass is 720 g/mol. The van der Waals surface area contributed by atoms with Crippen LogP contribution in [-0.4, -0.2) is 56.4 Å². The van der Waals surface area contributed by atoms with Gasteiger partial charge in [-0.1, -0.05) is 153 Å². The van der Waals surface area contributed by atoms with Crippen molar-refractivity contribution in [1.29, 1.82) is 0 Å². The van der Waals surface area contributed by atoms with E-state index in [1.165, 1.54) is 90.5 Å². The molecule has 3 heterocycles. The second-order valence-corrected chi connectivity index (χ2v) is 13.6. The molecule has 1 saturated heterocycles. The topological polar surface area (TPSA) is 127 Å². The van der Waals surface area contributed by atoms with Gasteiger partial charge in [0.2, 0.25) is 0 Å². The highest BCUT2D eigenvalue weighted by atomic mass is 32.5. The summed E-state index contributed by atoms with van der Waals surface area (Å²) in [6.45, 7) is 17.4. The molecule has 10 nitrogen and oxygen atoms in total. The van der Waals surface area contributed by atoms with Crippen molar-refractivity contribution in [3.63, 3.8) is 0 Å². The molecule has 3 rings (SSSR count). The number of nitrogens with two attached hydrogens (primary N) is 1. The predicted molar refractivity (Wildman–Crippen MR) is 208 cm³/mol. The zero-order valence-corrected chi connectivity index (χ0v) is 34.3. The maximum absolute atomic E-state index is 10.5. The Morgan fingerprint density at radius 2 is 1.29 bits per heavy atom. The third-order valence-corrected chi connectivity index (χ3v) is 9.32. The van der Waals surface area contributed by atoms with Gasteiger partial charge < -0.3 is 24.6 Å². The Kier molecular flexibility index (Phi) is 32.4. The maximum atomic E-state index is 10.5. The zero-order chi connectivity index (χ0) is 36.8. The molecule has 2 aromatic rings. The molecule has 48 heavy (non-hydrogen) atoms. The summed E-state index contributed by atoms with van der Waals surface area (Å²) >= 11 is 5.17. The van der Waals surface area contributed by atoms with Crippen LogP contribution in [0.5, 0.6) is 0 Å². The molecule has 12 heteroatoms. The normalized spacial score (nSPS) is 19.4. The number of nitrogen functional groups attached to an aromatic ring is 1. The second-order valence-electron chi connectivity index (χ2n) is 10.7. The van der Waals surface area contributed by atoms with Crippen LogP contribution in [0.15, 0.2) is 12.7 Å². The van der Waals surface area contributed by atoms with Crippen LogP contribution >= 0.6 is 6.72 Å². The molecule has 0 aromatic carbocycles. The summed E-state index contributed by atoms with van der Waals surface area (Å²) in [7, 11) is 1.35. The minimum Gasteiger partial charge on any atom is -0.382 e. The van der Waals surface area contributed by atoms with Crippen molar-refractivity contribution in [3.05, 3.63) is 12.7 Å².